The van der Waals surface area contributed by atoms with Crippen LogP contribution in [0.25, 0.3) is 19.6 Å². The maximum Gasteiger partial charge on any atom is 0.151 e. The standard InChI is InChI=1S/C10H7NS3/c1-12-10-11-9-8(14-10)6-4-2-3-5-7(6)13-9/h2-5H,1H3. The molecule has 0 bridgehead atoms. The third-order valence-electron chi connectivity index (χ3n) is 2.09. The van der Waals surface area contributed by atoms with Crippen molar-refractivity contribution >= 4 is 54.1 Å². The fraction of sp³-hybridized carbons (Fsp3) is 0.100. The molecule has 2 heterocycles. The highest BCUT2D eigenvalue weighted by Gasteiger charge is 2.09. The van der Waals surface area contributed by atoms with Crippen molar-refractivity contribution < 1.29 is 0 Å². The zero-order chi connectivity index (χ0) is 9.54. The summed E-state index contributed by atoms with van der Waals surface area (Å²) in [5.74, 6) is 0. The van der Waals surface area contributed by atoms with Gasteiger partial charge in [-0.25, -0.2) is 4.98 Å². The minimum atomic E-state index is 1.16. The van der Waals surface area contributed by atoms with Gasteiger partial charge in [0.15, 0.2) is 4.34 Å². The molecule has 4 heteroatoms. The molecule has 1 nitrogen and oxygen atoms in total. The molecule has 0 radical (unpaired) electrons. The van der Waals surface area contributed by atoms with Gasteiger partial charge in [0.1, 0.15) is 4.83 Å². The van der Waals surface area contributed by atoms with Gasteiger partial charge in [-0.3, -0.25) is 0 Å². The molecule has 70 valence electrons. The van der Waals surface area contributed by atoms with Gasteiger partial charge in [0.2, 0.25) is 0 Å². The van der Waals surface area contributed by atoms with Crippen molar-refractivity contribution in [1.29, 1.82) is 0 Å². The molecular weight excluding hydrogens is 230 g/mol. The van der Waals surface area contributed by atoms with Crippen LogP contribution >= 0.6 is 34.4 Å². The Kier molecular flexibility index (Phi) is 2.00. The predicted octanol–water partition coefficient (Wildman–Crippen LogP) is 4.23. The van der Waals surface area contributed by atoms with E-state index in [2.05, 4.69) is 35.5 Å². The second-order valence-corrected chi connectivity index (χ2v) is 6.00. The first-order valence-electron chi connectivity index (χ1n) is 4.20. The lowest BCUT2D eigenvalue weighted by atomic mass is 10.3. The molecule has 0 aliphatic heterocycles. The Morgan fingerprint density at radius 3 is 2.93 bits per heavy atom. The molecule has 0 aliphatic carbocycles. The van der Waals surface area contributed by atoms with Crippen LogP contribution in [-0.2, 0) is 0 Å². The lowest BCUT2D eigenvalue weighted by molar-refractivity contribution is 1.33. The van der Waals surface area contributed by atoms with Crippen LogP contribution < -0.4 is 0 Å². The van der Waals surface area contributed by atoms with Gasteiger partial charge in [0.25, 0.3) is 0 Å². The highest BCUT2D eigenvalue weighted by molar-refractivity contribution is 8.00. The van der Waals surface area contributed by atoms with Crippen molar-refractivity contribution in [3.05, 3.63) is 24.3 Å². The van der Waals surface area contributed by atoms with Gasteiger partial charge in [-0.05, 0) is 12.3 Å². The number of rotatable bonds is 1. The highest BCUT2D eigenvalue weighted by atomic mass is 32.2. The second kappa shape index (κ2) is 3.22. The lowest BCUT2D eigenvalue weighted by Crippen LogP contribution is -1.60. The summed E-state index contributed by atoms with van der Waals surface area (Å²) in [4.78, 5) is 5.75. The SMILES string of the molecule is CSc1nc2sc3ccccc3c2s1. The Morgan fingerprint density at radius 1 is 1.21 bits per heavy atom. The van der Waals surface area contributed by atoms with Crippen molar-refractivity contribution in [3.63, 3.8) is 0 Å². The number of fused-ring (bicyclic) bond motifs is 3. The number of nitrogens with zero attached hydrogens (tertiary/aromatic N) is 1. The Balaban J connectivity index is 2.45. The zero-order valence-corrected chi connectivity index (χ0v) is 9.93. The smallest absolute Gasteiger partial charge is 0.151 e. The molecule has 3 aromatic rings. The van der Waals surface area contributed by atoms with Gasteiger partial charge in [-0.15, -0.1) is 22.7 Å². The molecule has 0 fully saturated rings. The van der Waals surface area contributed by atoms with Crippen LogP contribution in [-0.4, -0.2) is 11.2 Å². The van der Waals surface area contributed by atoms with Crippen LogP contribution in [0, 0.1) is 0 Å². The van der Waals surface area contributed by atoms with Crippen LogP contribution in [0.15, 0.2) is 28.6 Å². The first kappa shape index (κ1) is 8.71. The molecule has 0 saturated heterocycles. The Hall–Kier alpha value is -0.580. The van der Waals surface area contributed by atoms with Crippen molar-refractivity contribution in [2.24, 2.45) is 0 Å². The quantitative estimate of drug-likeness (QED) is 0.587. The third kappa shape index (κ3) is 1.18. The molecule has 0 saturated carbocycles. The number of thioether (sulfide) groups is 1. The highest BCUT2D eigenvalue weighted by Crippen LogP contribution is 2.39. The van der Waals surface area contributed by atoms with Gasteiger partial charge < -0.3 is 0 Å². The van der Waals surface area contributed by atoms with Crippen molar-refractivity contribution in [1.82, 2.24) is 4.98 Å². The number of hydrogen-bond donors (Lipinski definition) is 0. The maximum atomic E-state index is 4.57. The van der Waals surface area contributed by atoms with E-state index >= 15 is 0 Å². The minimum absolute atomic E-state index is 1.16. The van der Waals surface area contributed by atoms with Crippen LogP contribution in [0.3, 0.4) is 0 Å². The van der Waals surface area contributed by atoms with Gasteiger partial charge in [0, 0.05) is 10.1 Å². The summed E-state index contributed by atoms with van der Waals surface area (Å²) in [6.45, 7) is 0. The van der Waals surface area contributed by atoms with Crippen LogP contribution in [0.4, 0.5) is 0 Å². The molecule has 2 aromatic heterocycles. The molecular formula is C10H7NS3. The first-order chi connectivity index (χ1) is 6.88. The maximum absolute atomic E-state index is 4.57. The van der Waals surface area contributed by atoms with E-state index in [1.165, 1.54) is 19.6 Å². The first-order valence-corrected chi connectivity index (χ1v) is 7.06. The van der Waals surface area contributed by atoms with Crippen molar-refractivity contribution in [2.45, 2.75) is 4.34 Å². The van der Waals surface area contributed by atoms with Crippen LogP contribution in [0.5, 0.6) is 0 Å². The molecule has 14 heavy (non-hydrogen) atoms. The third-order valence-corrected chi connectivity index (χ3v) is 5.36. The molecule has 0 unspecified atom stereocenters. The lowest BCUT2D eigenvalue weighted by Gasteiger charge is -1.86. The van der Waals surface area contributed by atoms with E-state index in [0.717, 1.165) is 4.34 Å². The summed E-state index contributed by atoms with van der Waals surface area (Å²) in [6, 6.07) is 8.51. The fourth-order valence-corrected chi connectivity index (χ4v) is 4.36. The largest absolute Gasteiger partial charge is 0.219 e. The van der Waals surface area contributed by atoms with Crippen molar-refractivity contribution in [2.75, 3.05) is 6.26 Å². The summed E-state index contributed by atoms with van der Waals surface area (Å²) in [5, 5.41) is 1.35. The van der Waals surface area contributed by atoms with E-state index in [1.54, 1.807) is 34.4 Å². The molecule has 3 rings (SSSR count). The Labute approximate surface area is 93.8 Å². The summed E-state index contributed by atoms with van der Waals surface area (Å²) < 4.78 is 3.85. The summed E-state index contributed by atoms with van der Waals surface area (Å²) in [5.41, 5.74) is 0. The van der Waals surface area contributed by atoms with Gasteiger partial charge in [-0.2, -0.15) is 0 Å². The van der Waals surface area contributed by atoms with Gasteiger partial charge >= 0.3 is 0 Å². The Morgan fingerprint density at radius 2 is 2.07 bits per heavy atom. The molecule has 0 spiro atoms. The zero-order valence-electron chi connectivity index (χ0n) is 7.48. The monoisotopic (exact) mass is 237 g/mol. The minimum Gasteiger partial charge on any atom is -0.219 e. The van der Waals surface area contributed by atoms with Gasteiger partial charge in [-0.1, -0.05) is 30.0 Å². The molecule has 0 atom stereocenters. The number of hydrogen-bond acceptors (Lipinski definition) is 4. The molecule has 0 amide bonds. The molecule has 1 aromatic carbocycles. The summed E-state index contributed by atoms with van der Waals surface area (Å²) in [6.07, 6.45) is 2.07. The average molecular weight is 237 g/mol. The van der Waals surface area contributed by atoms with E-state index in [0.29, 0.717) is 0 Å². The fourth-order valence-electron chi connectivity index (χ4n) is 1.46. The Bertz CT molecular complexity index is 593. The number of thiophene rings is 1. The van der Waals surface area contributed by atoms with Gasteiger partial charge in [0.05, 0.1) is 4.70 Å². The summed E-state index contributed by atoms with van der Waals surface area (Å²) >= 11 is 5.30. The van der Waals surface area contributed by atoms with E-state index in [4.69, 9.17) is 0 Å². The van der Waals surface area contributed by atoms with E-state index in [-0.39, 0.29) is 0 Å². The summed E-state index contributed by atoms with van der Waals surface area (Å²) in [7, 11) is 0. The number of aromatic nitrogens is 1. The predicted molar refractivity (Wildman–Crippen MR) is 66.8 cm³/mol. The normalized spacial score (nSPS) is 11.5. The van der Waals surface area contributed by atoms with E-state index in [9.17, 15) is 0 Å². The van der Waals surface area contributed by atoms with Crippen LogP contribution in [0.2, 0.25) is 0 Å². The van der Waals surface area contributed by atoms with Crippen molar-refractivity contribution in [3.8, 4) is 0 Å². The topological polar surface area (TPSA) is 12.9 Å². The van der Waals surface area contributed by atoms with E-state index < -0.39 is 0 Å². The average Bonchev–Trinajstić information content (AvgIpc) is 2.73. The number of benzene rings is 1. The van der Waals surface area contributed by atoms with E-state index in [1.807, 2.05) is 0 Å². The molecule has 0 aliphatic rings. The number of thiazole rings is 1. The van der Waals surface area contributed by atoms with Crippen LogP contribution in [0.1, 0.15) is 0 Å². The molecule has 0 N–H and O–H groups in total. The second-order valence-electron chi connectivity index (χ2n) is 2.92.